The molecule has 8 unspecified atom stereocenters. The zero-order valence-corrected chi connectivity index (χ0v) is 36.0. The first-order chi connectivity index (χ1) is 25.9. The van der Waals surface area contributed by atoms with Gasteiger partial charge in [0, 0.05) is 36.3 Å². The van der Waals surface area contributed by atoms with Crippen molar-refractivity contribution >= 4 is 86.7 Å². The number of ketones is 4. The fourth-order valence-electron chi connectivity index (χ4n) is 6.93. The molecule has 0 saturated heterocycles. The summed E-state index contributed by atoms with van der Waals surface area (Å²) in [6.07, 6.45) is 6.68. The van der Waals surface area contributed by atoms with Gasteiger partial charge < -0.3 is 42.5 Å². The number of rotatable bonds is 6. The molecule has 0 aromatic heterocycles. The average Bonchev–Trinajstić information content (AvgIpc) is 3.19. The molecule has 8 atom stereocenters. The van der Waals surface area contributed by atoms with Crippen LogP contribution in [0.25, 0.3) is 0 Å². The van der Waals surface area contributed by atoms with Crippen molar-refractivity contribution in [1.82, 2.24) is 6.14 Å². The van der Waals surface area contributed by atoms with Crippen LogP contribution in [0.3, 0.4) is 0 Å². The van der Waals surface area contributed by atoms with Gasteiger partial charge in [-0.2, -0.15) is 0 Å². The van der Waals surface area contributed by atoms with E-state index in [1.165, 1.54) is 14.2 Å². The number of nitrogens with two attached hydrogens (primary N) is 1. The van der Waals surface area contributed by atoms with Gasteiger partial charge in [0.25, 0.3) is 0 Å². The van der Waals surface area contributed by atoms with Gasteiger partial charge in [0.05, 0.1) is 48.5 Å². The van der Waals surface area contributed by atoms with Gasteiger partial charge in [-0.1, -0.05) is 31.9 Å². The summed E-state index contributed by atoms with van der Waals surface area (Å²) in [5, 5.41) is 20.9. The molecular weight excluding hydrogens is 842 g/mol. The van der Waals surface area contributed by atoms with Crippen LogP contribution >= 0.6 is 31.9 Å². The minimum absolute atomic E-state index is 0. The Labute approximate surface area is 355 Å². The fraction of sp³-hybridized carbons (Fsp3) is 0.758. The molecule has 16 nitrogen and oxygen atoms in total. The second kappa shape index (κ2) is 25.6. The number of ether oxygens (including phenoxy) is 4. The largest absolute Gasteiger partial charge is 1.00 e. The molecule has 0 aliphatic heterocycles. The van der Waals surface area contributed by atoms with Crippen LogP contribution < -0.4 is 41.4 Å². The molecule has 0 aromatic rings. The van der Waals surface area contributed by atoms with Gasteiger partial charge in [-0.3, -0.25) is 38.4 Å². The minimum atomic E-state index is -1.37. The van der Waals surface area contributed by atoms with Gasteiger partial charge in [0.2, 0.25) is 0 Å². The Morgan fingerprint density at radius 3 is 1.30 bits per heavy atom. The molecule has 296 valence electrons. The maximum atomic E-state index is 12.1. The zero-order chi connectivity index (χ0) is 42.7. The van der Waals surface area contributed by atoms with E-state index in [0.717, 1.165) is 50.6 Å². The summed E-state index contributed by atoms with van der Waals surface area (Å²) in [6.45, 7) is 0. The van der Waals surface area contributed by atoms with E-state index in [9.17, 15) is 48.6 Å². The Kier molecular flexibility index (Phi) is 22.9. The summed E-state index contributed by atoms with van der Waals surface area (Å²) in [5.74, 6) is -5.88. The van der Waals surface area contributed by atoms with Crippen LogP contribution in [0.1, 0.15) is 65.6 Å². The van der Waals surface area contributed by atoms with E-state index in [1.54, 1.807) is 0 Å². The summed E-state index contributed by atoms with van der Waals surface area (Å²) < 4.78 is 35.7. The third-order valence-corrected chi connectivity index (χ3v) is 11.7. The summed E-state index contributed by atoms with van der Waals surface area (Å²) in [6, 6.07) is 0. The number of carbonyl (C=O) groups is 8. The predicted molar refractivity (Wildman–Crippen MR) is 194 cm³/mol. The second-order valence-electron chi connectivity index (χ2n) is 12.6. The molecule has 7 saturated carbocycles. The molecular formula is C33H52BBr2N2NaO14. The third kappa shape index (κ3) is 13.5. The fourth-order valence-corrected chi connectivity index (χ4v) is 6.93. The van der Waals surface area contributed by atoms with E-state index < -0.39 is 69.7 Å². The Balaban J connectivity index is -0.000000682. The average molecular weight is 897 g/mol. The van der Waals surface area contributed by atoms with Gasteiger partial charge in [-0.15, -0.1) is 0 Å². The molecule has 53 heavy (non-hydrogen) atoms. The number of methoxy groups -OCH3 is 4. The van der Waals surface area contributed by atoms with Crippen molar-refractivity contribution in [1.29, 1.82) is 0 Å². The minimum Gasteiger partial charge on any atom is -1.00 e. The van der Waals surface area contributed by atoms with Crippen LogP contribution in [-0.2, 0) is 57.3 Å². The van der Waals surface area contributed by atoms with E-state index in [0.29, 0.717) is 17.6 Å². The summed E-state index contributed by atoms with van der Waals surface area (Å²) in [4.78, 5) is 93.0. The first kappa shape index (κ1) is 47.6. The molecule has 7 aliphatic carbocycles. The number of esters is 4. The molecule has 0 amide bonds. The van der Waals surface area contributed by atoms with Crippen molar-refractivity contribution < 1.29 is 103 Å². The predicted octanol–water partition coefficient (Wildman–Crippen LogP) is -1.82. The molecule has 7 aliphatic rings. The maximum absolute atomic E-state index is 12.1. The number of aliphatic hydroxyl groups is 2. The van der Waals surface area contributed by atoms with Gasteiger partial charge in [0.1, 0.15) is 38.5 Å². The van der Waals surface area contributed by atoms with Crippen molar-refractivity contribution in [2.45, 2.75) is 76.4 Å². The van der Waals surface area contributed by atoms with Crippen molar-refractivity contribution in [3.8, 4) is 0 Å². The van der Waals surface area contributed by atoms with Crippen LogP contribution in [0.5, 0.6) is 0 Å². The first-order valence-corrected chi connectivity index (χ1v) is 18.5. The standard InChI is InChI=1S/C12H14O6.C10H12O6.C8H14O2.C2H4Br2.CH4BN.H3N.Na.H/c1-17-9(15)11-3-4-12(6-7(11)13,8(14)5-11)10(16)18-2;1-15-9(13)5-3-8(12)6(4-7(5)11)10(14)16-2;9-7-4-6-2-1-5(7)3-8(6)10;3-1-2-4;2-1-3;;;/h3-6H2,1-2H3;5-6H,3-4H2,1-2H3;5-10H,1-4H2;1-2H2;1,3H2;1H3;;/q;;;;;;+1;-1/i/hD3. The summed E-state index contributed by atoms with van der Waals surface area (Å²) >= 11 is 6.40. The number of halogens is 2. The number of carbonyl (C=O) groups excluding carboxylic acids is 8. The molecule has 0 aromatic carbocycles. The van der Waals surface area contributed by atoms with Gasteiger partial charge in [-0.05, 0) is 56.8 Å². The third-order valence-electron chi connectivity index (χ3n) is 9.84. The number of hydrogen-bond donors (Lipinski definition) is 4. The molecule has 7 fully saturated rings. The zero-order valence-electron chi connectivity index (χ0n) is 34.8. The number of fused-ring (bicyclic) bond motifs is 6. The van der Waals surface area contributed by atoms with Gasteiger partial charge in [-0.25, -0.2) is 0 Å². The van der Waals surface area contributed by atoms with Gasteiger partial charge in [0.15, 0.2) is 11.6 Å². The summed E-state index contributed by atoms with van der Waals surface area (Å²) in [5.41, 5.74) is -2.34. The Hall–Kier alpha value is -1.58. The van der Waals surface area contributed by atoms with E-state index >= 15 is 0 Å². The van der Waals surface area contributed by atoms with Crippen LogP contribution in [0.2, 0.25) is 4.24 Å². The molecule has 4 bridgehead atoms. The van der Waals surface area contributed by atoms with Crippen molar-refractivity contribution in [3.05, 3.63) is 0 Å². The number of Topliss-reactive ketones (excluding diaryl/α,β-unsaturated/α-hetero) is 4. The second-order valence-corrected chi connectivity index (χ2v) is 14.2. The quantitative estimate of drug-likeness (QED) is 0.0752. The molecule has 0 heterocycles. The van der Waals surface area contributed by atoms with Crippen molar-refractivity contribution in [3.63, 3.8) is 0 Å². The van der Waals surface area contributed by atoms with E-state index in [2.05, 4.69) is 57.0 Å². The monoisotopic (exact) mass is 895 g/mol. The van der Waals surface area contributed by atoms with E-state index in [1.807, 2.05) is 0 Å². The number of aliphatic hydroxyl groups excluding tert-OH is 2. The molecule has 7 rings (SSSR count). The topological polar surface area (TPSA) is 275 Å². The Morgan fingerprint density at radius 2 is 1.11 bits per heavy atom. The molecule has 2 radical (unpaired) electrons. The molecule has 7 N–H and O–H groups in total. The Bertz CT molecular complexity index is 1270. The SMILES string of the molecule is BrCCBr.COC(=O)C12CCC(C(=O)OC)(CC1=O)C(=O)C2.COC(=O)C1CC(=O)C(C(=O)OC)CC1=O.OC1CC2CCC1CC2O.[2H]N.[2H]N([2H])C[B].[H-].[Na+]. The van der Waals surface area contributed by atoms with Crippen molar-refractivity contribution in [2.75, 3.05) is 45.5 Å². The molecule has 20 heteroatoms. The summed E-state index contributed by atoms with van der Waals surface area (Å²) in [7, 11) is 9.39. The Morgan fingerprint density at radius 1 is 0.792 bits per heavy atom. The first-order valence-electron chi connectivity index (χ1n) is 17.7. The van der Waals surface area contributed by atoms with Crippen molar-refractivity contribution in [2.24, 2.45) is 40.2 Å². The van der Waals surface area contributed by atoms with Crippen LogP contribution in [0, 0.1) is 34.5 Å². The van der Waals surface area contributed by atoms with Crippen LogP contribution in [0.15, 0.2) is 0 Å². The normalized spacial score (nSPS) is 30.9. The van der Waals surface area contributed by atoms with Crippen LogP contribution in [-0.4, -0.2) is 123 Å². The van der Waals surface area contributed by atoms with E-state index in [-0.39, 0.29) is 88.2 Å². The maximum Gasteiger partial charge on any atom is 1.00 e. The molecule has 0 spiro atoms. The van der Waals surface area contributed by atoms with E-state index in [4.69, 9.17) is 12.1 Å². The van der Waals surface area contributed by atoms with Crippen LogP contribution in [0.4, 0.5) is 0 Å². The smallest absolute Gasteiger partial charge is 1.00 e. The number of alkyl halides is 2. The van der Waals surface area contributed by atoms with Gasteiger partial charge >= 0.3 is 53.4 Å². The number of hydrogen-bond acceptors (Lipinski definition) is 16.